The molecule has 1 N–H and O–H groups in total. The Balaban J connectivity index is 2.10. The number of hydrogen-bond donors (Lipinski definition) is 1. The minimum Gasteiger partial charge on any atom is -0.444 e. The number of rotatable bonds is 12. The molecular weight excluding hydrogens is 621 g/mol. The van der Waals surface area contributed by atoms with Gasteiger partial charge in [0.1, 0.15) is 5.60 Å². The van der Waals surface area contributed by atoms with Crippen LogP contribution in [0.3, 0.4) is 0 Å². The van der Waals surface area contributed by atoms with Crippen LogP contribution in [0.1, 0.15) is 70.6 Å². The van der Waals surface area contributed by atoms with Crippen molar-refractivity contribution in [1.82, 2.24) is 5.32 Å². The van der Waals surface area contributed by atoms with E-state index in [-0.39, 0.29) is 24.3 Å². The van der Waals surface area contributed by atoms with Crippen molar-refractivity contribution in [2.75, 3.05) is 6.61 Å². The fourth-order valence-corrected chi connectivity index (χ4v) is 5.33. The number of carbonyl (C=O) groups is 2. The van der Waals surface area contributed by atoms with Gasteiger partial charge in [-0.15, -0.1) is 0 Å². The molecule has 0 aliphatic heterocycles. The predicted molar refractivity (Wildman–Crippen MR) is 154 cm³/mol. The largest absolute Gasteiger partial charge is 0.444 e. The van der Waals surface area contributed by atoms with Gasteiger partial charge in [-0.3, -0.25) is 14.3 Å². The van der Waals surface area contributed by atoms with Crippen molar-refractivity contribution in [3.8, 4) is 0 Å². The molecule has 10 heteroatoms. The molecular formula is C28H38INO7S. The molecule has 2 aromatic rings. The molecule has 1 atom stereocenters. The summed E-state index contributed by atoms with van der Waals surface area (Å²) in [6, 6.07) is 12.2. The quantitative estimate of drug-likeness (QED) is 0.128. The molecule has 210 valence electrons. The Morgan fingerprint density at radius 1 is 1.00 bits per heavy atom. The third-order valence-corrected chi connectivity index (χ3v) is 7.75. The Morgan fingerprint density at radius 3 is 2.24 bits per heavy atom. The lowest BCUT2D eigenvalue weighted by Crippen LogP contribution is -2.52. The lowest BCUT2D eigenvalue weighted by molar-refractivity contribution is -0.160. The van der Waals surface area contributed by atoms with Gasteiger partial charge in [-0.1, -0.05) is 43.2 Å². The SMILES string of the molecule is CCCCC(=O)O[C@](C)(Cc1ccc(CCOS(=O)(=O)c2ccc(C)cc2)c(I)c1)NC(=O)OC(C)(C)C. The van der Waals surface area contributed by atoms with Gasteiger partial charge in [-0.2, -0.15) is 8.42 Å². The minimum absolute atomic E-state index is 0.00147. The van der Waals surface area contributed by atoms with Crippen LogP contribution in [0.5, 0.6) is 0 Å². The number of aryl methyl sites for hydroxylation is 1. The van der Waals surface area contributed by atoms with Crippen molar-refractivity contribution in [2.24, 2.45) is 0 Å². The lowest BCUT2D eigenvalue weighted by Gasteiger charge is -2.32. The smallest absolute Gasteiger partial charge is 0.410 e. The minimum atomic E-state index is -3.84. The number of hydrogen-bond acceptors (Lipinski definition) is 7. The molecule has 0 aliphatic carbocycles. The summed E-state index contributed by atoms with van der Waals surface area (Å²) in [4.78, 5) is 25.1. The van der Waals surface area contributed by atoms with E-state index >= 15 is 0 Å². The van der Waals surface area contributed by atoms with Crippen LogP contribution in [0.2, 0.25) is 0 Å². The molecule has 1 amide bonds. The summed E-state index contributed by atoms with van der Waals surface area (Å²) >= 11 is 2.18. The second-order valence-corrected chi connectivity index (χ2v) is 13.2. The number of amides is 1. The first-order valence-electron chi connectivity index (χ1n) is 12.6. The maximum Gasteiger partial charge on any atom is 0.410 e. The fraction of sp³-hybridized carbons (Fsp3) is 0.500. The van der Waals surface area contributed by atoms with Gasteiger partial charge in [0, 0.05) is 16.4 Å². The molecule has 0 aliphatic rings. The average molecular weight is 660 g/mol. The number of halogens is 1. The molecule has 0 unspecified atom stereocenters. The Hall–Kier alpha value is -2.18. The van der Waals surface area contributed by atoms with E-state index in [0.717, 1.165) is 26.7 Å². The summed E-state index contributed by atoms with van der Waals surface area (Å²) in [5, 5.41) is 2.72. The van der Waals surface area contributed by atoms with Crippen molar-refractivity contribution in [2.45, 2.75) is 89.9 Å². The molecule has 0 fully saturated rings. The van der Waals surface area contributed by atoms with E-state index < -0.39 is 33.5 Å². The molecule has 0 saturated heterocycles. The highest BCUT2D eigenvalue weighted by molar-refractivity contribution is 14.1. The first-order chi connectivity index (χ1) is 17.6. The number of benzene rings is 2. The zero-order valence-corrected chi connectivity index (χ0v) is 25.9. The van der Waals surface area contributed by atoms with E-state index in [0.29, 0.717) is 12.8 Å². The number of alkyl carbamates (subject to hydrolysis) is 1. The second-order valence-electron chi connectivity index (χ2n) is 10.4. The molecule has 0 spiro atoms. The zero-order chi connectivity index (χ0) is 28.6. The Bertz CT molecular complexity index is 1210. The third kappa shape index (κ3) is 10.9. The standard InChI is InChI=1S/C28H38INO7S/c1-7-8-9-25(31)36-28(6,30-26(32)37-27(3,4)5)19-21-12-13-22(24(29)18-21)16-17-35-38(33,34)23-14-10-20(2)11-15-23/h10-15,18H,7-9,16-17,19H2,1-6H3,(H,30,32)/t28-/m1/s1. The van der Waals surface area contributed by atoms with Crippen molar-refractivity contribution in [1.29, 1.82) is 0 Å². The van der Waals surface area contributed by atoms with Crippen LogP contribution in [0.4, 0.5) is 4.79 Å². The van der Waals surface area contributed by atoms with Crippen molar-refractivity contribution in [3.63, 3.8) is 0 Å². The van der Waals surface area contributed by atoms with Gasteiger partial charge in [0.25, 0.3) is 10.1 Å². The molecule has 2 rings (SSSR count). The average Bonchev–Trinajstić information content (AvgIpc) is 2.77. The van der Waals surface area contributed by atoms with Gasteiger partial charge in [0.2, 0.25) is 0 Å². The molecule has 2 aromatic carbocycles. The normalized spacial score (nSPS) is 13.4. The summed E-state index contributed by atoms with van der Waals surface area (Å²) < 4.78 is 42.1. The number of nitrogens with one attached hydrogen (secondary N) is 1. The summed E-state index contributed by atoms with van der Waals surface area (Å²) in [6.45, 7) is 10.8. The monoisotopic (exact) mass is 659 g/mol. The molecule has 0 saturated carbocycles. The van der Waals surface area contributed by atoms with Crippen LogP contribution >= 0.6 is 22.6 Å². The number of esters is 1. The summed E-state index contributed by atoms with van der Waals surface area (Å²) in [5.74, 6) is -0.399. The maximum absolute atomic E-state index is 12.5. The first kappa shape index (κ1) is 32.0. The molecule has 0 radical (unpaired) electrons. The van der Waals surface area contributed by atoms with E-state index in [4.69, 9.17) is 13.7 Å². The number of ether oxygens (including phenoxy) is 2. The van der Waals surface area contributed by atoms with Gasteiger partial charge in [0.05, 0.1) is 11.5 Å². The van der Waals surface area contributed by atoms with Gasteiger partial charge in [-0.05, 0) is 99.4 Å². The highest BCUT2D eigenvalue weighted by Crippen LogP contribution is 2.23. The molecule has 0 heterocycles. The predicted octanol–water partition coefficient (Wildman–Crippen LogP) is 6.06. The van der Waals surface area contributed by atoms with Crippen LogP contribution in [0, 0.1) is 10.5 Å². The van der Waals surface area contributed by atoms with Crippen LogP contribution in [-0.2, 0) is 41.4 Å². The molecule has 8 nitrogen and oxygen atoms in total. The molecule has 38 heavy (non-hydrogen) atoms. The van der Waals surface area contributed by atoms with Gasteiger partial charge >= 0.3 is 12.1 Å². The molecule has 0 aromatic heterocycles. The fourth-order valence-electron chi connectivity index (χ4n) is 3.58. The van der Waals surface area contributed by atoms with Crippen LogP contribution in [0.15, 0.2) is 47.4 Å². The number of unbranched alkanes of at least 4 members (excludes halogenated alkanes) is 1. The topological polar surface area (TPSA) is 108 Å². The highest BCUT2D eigenvalue weighted by Gasteiger charge is 2.33. The van der Waals surface area contributed by atoms with Crippen molar-refractivity contribution in [3.05, 3.63) is 62.7 Å². The van der Waals surface area contributed by atoms with Crippen LogP contribution in [0.25, 0.3) is 0 Å². The summed E-state index contributed by atoms with van der Waals surface area (Å²) in [5.41, 5.74) is 0.682. The van der Waals surface area contributed by atoms with Crippen molar-refractivity contribution >= 4 is 44.8 Å². The summed E-state index contributed by atoms with van der Waals surface area (Å²) in [7, 11) is -3.84. The van der Waals surface area contributed by atoms with Gasteiger partial charge < -0.3 is 9.47 Å². The van der Waals surface area contributed by atoms with E-state index in [1.54, 1.807) is 39.8 Å². The lowest BCUT2D eigenvalue weighted by atomic mass is 10.0. The van der Waals surface area contributed by atoms with Gasteiger partial charge in [-0.25, -0.2) is 4.79 Å². The van der Waals surface area contributed by atoms with Crippen molar-refractivity contribution < 1.29 is 31.7 Å². The van der Waals surface area contributed by atoms with E-state index in [1.165, 1.54) is 12.1 Å². The zero-order valence-electron chi connectivity index (χ0n) is 22.9. The summed E-state index contributed by atoms with van der Waals surface area (Å²) in [6.07, 6.45) is 1.73. The Labute approximate surface area is 240 Å². The second kappa shape index (κ2) is 13.7. The Morgan fingerprint density at radius 2 is 1.66 bits per heavy atom. The van der Waals surface area contributed by atoms with Gasteiger partial charge in [0.15, 0.2) is 5.72 Å². The Kier molecular flexibility index (Phi) is 11.6. The first-order valence-corrected chi connectivity index (χ1v) is 15.1. The van der Waals surface area contributed by atoms with E-state index in [2.05, 4.69) is 27.9 Å². The molecule has 0 bridgehead atoms. The van der Waals surface area contributed by atoms with Crippen LogP contribution < -0.4 is 5.32 Å². The third-order valence-electron chi connectivity index (χ3n) is 5.42. The highest BCUT2D eigenvalue weighted by atomic mass is 127. The van der Waals surface area contributed by atoms with E-state index in [1.807, 2.05) is 32.0 Å². The maximum atomic E-state index is 12.5. The van der Waals surface area contributed by atoms with E-state index in [9.17, 15) is 18.0 Å². The van der Waals surface area contributed by atoms with Crippen LogP contribution in [-0.4, -0.2) is 38.4 Å². The number of carbonyl (C=O) groups excluding carboxylic acids is 2.